The van der Waals surface area contributed by atoms with Crippen molar-refractivity contribution < 1.29 is 0 Å². The lowest BCUT2D eigenvalue weighted by Gasteiger charge is -2.03. The van der Waals surface area contributed by atoms with E-state index in [1.54, 1.807) is 12.5 Å². The van der Waals surface area contributed by atoms with E-state index in [2.05, 4.69) is 20.3 Å². The summed E-state index contributed by atoms with van der Waals surface area (Å²) in [5.74, 6) is 0.434. The predicted octanol–water partition coefficient (Wildman–Crippen LogP) is 1.01. The van der Waals surface area contributed by atoms with Gasteiger partial charge < -0.3 is 16.0 Å². The Hall–Kier alpha value is -2.30. The Bertz CT molecular complexity index is 461. The van der Waals surface area contributed by atoms with E-state index in [9.17, 15) is 0 Å². The van der Waals surface area contributed by atoms with Crippen LogP contribution in [0, 0.1) is 0 Å². The van der Waals surface area contributed by atoms with E-state index in [1.165, 1.54) is 0 Å². The summed E-state index contributed by atoms with van der Waals surface area (Å²) >= 11 is 0. The van der Waals surface area contributed by atoms with E-state index >= 15 is 0 Å². The van der Waals surface area contributed by atoms with Crippen LogP contribution in [0.5, 0.6) is 0 Å². The normalized spacial score (nSPS) is 11.4. The maximum atomic E-state index is 5.74. The van der Waals surface area contributed by atoms with Gasteiger partial charge in [0.15, 0.2) is 5.96 Å². The molecule has 4 N–H and O–H groups in total. The van der Waals surface area contributed by atoms with Crippen LogP contribution < -0.4 is 11.1 Å². The van der Waals surface area contributed by atoms with Crippen LogP contribution in [0.3, 0.4) is 0 Å². The maximum Gasteiger partial charge on any atom is 0.189 e. The smallest absolute Gasteiger partial charge is 0.189 e. The number of benzene rings is 1. The Morgan fingerprint density at radius 2 is 2.18 bits per heavy atom. The number of hydrogen-bond acceptors (Lipinski definition) is 2. The topological polar surface area (TPSA) is 79.1 Å². The molecule has 0 bridgehead atoms. The van der Waals surface area contributed by atoms with E-state index in [1.807, 2.05) is 30.3 Å². The van der Waals surface area contributed by atoms with Gasteiger partial charge in [-0.3, -0.25) is 0 Å². The van der Waals surface area contributed by atoms with Gasteiger partial charge in [-0.1, -0.05) is 30.3 Å². The van der Waals surface area contributed by atoms with Crippen molar-refractivity contribution in [2.45, 2.75) is 13.1 Å². The summed E-state index contributed by atoms with van der Waals surface area (Å²) < 4.78 is 0. The Morgan fingerprint density at radius 1 is 1.35 bits per heavy atom. The Morgan fingerprint density at radius 3 is 2.88 bits per heavy atom. The Kier molecular flexibility index (Phi) is 3.75. The third kappa shape index (κ3) is 3.64. The van der Waals surface area contributed by atoms with Gasteiger partial charge in [-0.25, -0.2) is 9.98 Å². The van der Waals surface area contributed by atoms with Crippen LogP contribution >= 0.6 is 0 Å². The molecule has 0 saturated carbocycles. The van der Waals surface area contributed by atoms with Crippen molar-refractivity contribution in [1.29, 1.82) is 0 Å². The van der Waals surface area contributed by atoms with Crippen LogP contribution in [0.25, 0.3) is 0 Å². The van der Waals surface area contributed by atoms with Crippen molar-refractivity contribution in [3.05, 3.63) is 54.1 Å². The number of aliphatic imine (C=N–C) groups is 1. The molecular formula is C12H15N5. The first-order valence-electron chi connectivity index (χ1n) is 5.39. The summed E-state index contributed by atoms with van der Waals surface area (Å²) in [5, 5.41) is 3.01. The molecule has 0 amide bonds. The van der Waals surface area contributed by atoms with Crippen LogP contribution in [0.15, 0.2) is 47.8 Å². The van der Waals surface area contributed by atoms with Gasteiger partial charge in [-0.15, -0.1) is 0 Å². The molecule has 0 aliphatic carbocycles. The fraction of sp³-hybridized carbons (Fsp3) is 0.167. The first-order chi connectivity index (χ1) is 8.34. The number of aromatic nitrogens is 2. The lowest BCUT2D eigenvalue weighted by atomic mass is 10.2. The van der Waals surface area contributed by atoms with Crippen molar-refractivity contribution >= 4 is 5.96 Å². The van der Waals surface area contributed by atoms with Crippen LogP contribution in [-0.2, 0) is 13.1 Å². The molecule has 0 saturated heterocycles. The number of guanidine groups is 1. The highest BCUT2D eigenvalue weighted by atomic mass is 15.1. The van der Waals surface area contributed by atoms with Crippen molar-refractivity contribution in [3.8, 4) is 0 Å². The summed E-state index contributed by atoms with van der Waals surface area (Å²) in [4.78, 5) is 11.1. The zero-order valence-corrected chi connectivity index (χ0v) is 9.43. The fourth-order valence-electron chi connectivity index (χ4n) is 1.38. The molecule has 1 aromatic heterocycles. The molecule has 0 fully saturated rings. The first-order valence-corrected chi connectivity index (χ1v) is 5.39. The van der Waals surface area contributed by atoms with Crippen LogP contribution in [0.1, 0.15) is 11.3 Å². The van der Waals surface area contributed by atoms with Crippen molar-refractivity contribution in [1.82, 2.24) is 15.3 Å². The second-order valence-corrected chi connectivity index (χ2v) is 3.62. The number of hydrogen-bond donors (Lipinski definition) is 3. The standard InChI is InChI=1S/C12H15N5/c13-12(16-8-11-7-14-9-17-11)15-6-10-4-2-1-3-5-10/h1-5,7,9H,6,8H2,(H,14,17)(H3,13,15,16). The molecule has 5 heteroatoms. The molecule has 17 heavy (non-hydrogen) atoms. The number of aromatic amines is 1. The summed E-state index contributed by atoms with van der Waals surface area (Å²) in [5.41, 5.74) is 7.86. The minimum Gasteiger partial charge on any atom is -0.370 e. The van der Waals surface area contributed by atoms with Gasteiger partial charge in [0.05, 0.1) is 25.1 Å². The number of nitrogens with zero attached hydrogens (tertiary/aromatic N) is 2. The van der Waals surface area contributed by atoms with Gasteiger partial charge in [0, 0.05) is 6.20 Å². The van der Waals surface area contributed by atoms with Gasteiger partial charge in [-0.05, 0) is 5.56 Å². The SMILES string of the molecule is NC(=NCc1ccccc1)NCc1cnc[nH]1. The fourth-order valence-corrected chi connectivity index (χ4v) is 1.38. The van der Waals surface area contributed by atoms with E-state index in [-0.39, 0.29) is 0 Å². The van der Waals surface area contributed by atoms with E-state index in [0.717, 1.165) is 11.3 Å². The minimum absolute atomic E-state index is 0.434. The van der Waals surface area contributed by atoms with E-state index in [4.69, 9.17) is 5.73 Å². The van der Waals surface area contributed by atoms with Gasteiger partial charge in [-0.2, -0.15) is 0 Å². The predicted molar refractivity (Wildman–Crippen MR) is 67.2 cm³/mol. The molecule has 88 valence electrons. The monoisotopic (exact) mass is 229 g/mol. The highest BCUT2D eigenvalue weighted by Crippen LogP contribution is 1.99. The third-order valence-electron chi connectivity index (χ3n) is 2.29. The summed E-state index contributed by atoms with van der Waals surface area (Å²) in [6.45, 7) is 1.19. The van der Waals surface area contributed by atoms with Crippen molar-refractivity contribution in [2.24, 2.45) is 10.7 Å². The highest BCUT2D eigenvalue weighted by molar-refractivity contribution is 5.77. The molecule has 1 aromatic carbocycles. The highest BCUT2D eigenvalue weighted by Gasteiger charge is 1.95. The Balaban J connectivity index is 1.81. The van der Waals surface area contributed by atoms with E-state index < -0.39 is 0 Å². The van der Waals surface area contributed by atoms with Crippen LogP contribution in [0.4, 0.5) is 0 Å². The molecule has 2 rings (SSSR count). The second-order valence-electron chi connectivity index (χ2n) is 3.62. The molecule has 0 spiro atoms. The molecular weight excluding hydrogens is 214 g/mol. The van der Waals surface area contributed by atoms with Crippen LogP contribution in [0.2, 0.25) is 0 Å². The molecule has 0 aliphatic heterocycles. The molecule has 2 aromatic rings. The van der Waals surface area contributed by atoms with Gasteiger partial charge >= 0.3 is 0 Å². The van der Waals surface area contributed by atoms with Crippen molar-refractivity contribution in [3.63, 3.8) is 0 Å². The molecule has 0 unspecified atom stereocenters. The molecule has 5 nitrogen and oxygen atoms in total. The average molecular weight is 229 g/mol. The molecule has 0 aliphatic rings. The lowest BCUT2D eigenvalue weighted by Crippen LogP contribution is -2.31. The first kappa shape index (κ1) is 11.2. The molecule has 0 radical (unpaired) electrons. The van der Waals surface area contributed by atoms with Gasteiger partial charge in [0.2, 0.25) is 0 Å². The number of nitrogens with two attached hydrogens (primary N) is 1. The maximum absolute atomic E-state index is 5.74. The minimum atomic E-state index is 0.434. The van der Waals surface area contributed by atoms with Gasteiger partial charge in [0.1, 0.15) is 0 Å². The zero-order chi connectivity index (χ0) is 11.9. The third-order valence-corrected chi connectivity index (χ3v) is 2.29. The summed E-state index contributed by atoms with van der Waals surface area (Å²) in [6, 6.07) is 9.99. The number of nitrogens with one attached hydrogen (secondary N) is 2. The van der Waals surface area contributed by atoms with Gasteiger partial charge in [0.25, 0.3) is 0 Å². The lowest BCUT2D eigenvalue weighted by molar-refractivity contribution is 0.860. The Labute approximate surface area is 99.8 Å². The largest absolute Gasteiger partial charge is 0.370 e. The second kappa shape index (κ2) is 5.69. The average Bonchev–Trinajstić information content (AvgIpc) is 2.88. The van der Waals surface area contributed by atoms with Crippen LogP contribution in [-0.4, -0.2) is 15.9 Å². The number of H-pyrrole nitrogens is 1. The van der Waals surface area contributed by atoms with Crippen molar-refractivity contribution in [2.75, 3.05) is 0 Å². The van der Waals surface area contributed by atoms with E-state index in [0.29, 0.717) is 19.0 Å². The summed E-state index contributed by atoms with van der Waals surface area (Å²) in [6.07, 6.45) is 3.38. The molecule has 0 atom stereocenters. The zero-order valence-electron chi connectivity index (χ0n) is 9.43. The summed E-state index contributed by atoms with van der Waals surface area (Å²) in [7, 11) is 0. The number of rotatable bonds is 4. The molecule has 1 heterocycles. The quantitative estimate of drug-likeness (QED) is 0.541. The number of imidazole rings is 1.